The Morgan fingerprint density at radius 1 is 1.07 bits per heavy atom. The molecule has 2 fully saturated rings. The first-order valence-corrected chi connectivity index (χ1v) is 15.4. The lowest BCUT2D eigenvalue weighted by molar-refractivity contribution is -0.170. The number of carboxylic acids is 1. The lowest BCUT2D eigenvalue weighted by Crippen LogP contribution is -2.36. The van der Waals surface area contributed by atoms with Crippen LogP contribution in [0.15, 0.2) is 36.4 Å². The summed E-state index contributed by atoms with van der Waals surface area (Å²) in [6.07, 6.45) is 4.86. The van der Waals surface area contributed by atoms with Gasteiger partial charge in [0.05, 0.1) is 6.10 Å². The summed E-state index contributed by atoms with van der Waals surface area (Å²) in [6, 6.07) is 10.6. The summed E-state index contributed by atoms with van der Waals surface area (Å²) >= 11 is 13.1. The number of ether oxygens (including phenoxy) is 1. The summed E-state index contributed by atoms with van der Waals surface area (Å²) in [6.45, 7) is 1.85. The van der Waals surface area contributed by atoms with Crippen LogP contribution in [-0.2, 0) is 9.53 Å². The molecule has 0 unspecified atom stereocenters. The van der Waals surface area contributed by atoms with E-state index in [2.05, 4.69) is 11.9 Å². The molecule has 1 aliphatic heterocycles. The molecule has 41 heavy (non-hydrogen) atoms. The highest BCUT2D eigenvalue weighted by Crippen LogP contribution is 2.42. The second-order valence-electron chi connectivity index (χ2n) is 11.9. The molecule has 2 aromatic carbocycles. The van der Waals surface area contributed by atoms with Crippen LogP contribution in [0.5, 0.6) is 0 Å². The van der Waals surface area contributed by atoms with Crippen LogP contribution in [0.2, 0.25) is 10.0 Å². The molecule has 1 N–H and O–H groups in total. The number of halogens is 4. The van der Waals surface area contributed by atoms with E-state index in [1.165, 1.54) is 0 Å². The Morgan fingerprint density at radius 2 is 1.76 bits per heavy atom. The average molecular weight is 612 g/mol. The second kappa shape index (κ2) is 14.6. The Hall–Kier alpha value is -1.77. The number of carboxylic acid groups (broad SMARTS) is 1. The molecule has 1 saturated heterocycles. The van der Waals surface area contributed by atoms with Crippen LogP contribution in [0.4, 0.5) is 8.78 Å². The zero-order valence-corrected chi connectivity index (χ0v) is 25.7. The van der Waals surface area contributed by atoms with Crippen LogP contribution in [0.3, 0.4) is 0 Å². The smallest absolute Gasteiger partial charge is 0.345 e. The van der Waals surface area contributed by atoms with Gasteiger partial charge in [-0.15, -0.1) is 0 Å². The number of hydrogen-bond acceptors (Lipinski definition) is 4. The predicted molar refractivity (Wildman–Crippen MR) is 160 cm³/mol. The number of alkyl halides is 2. The van der Waals surface area contributed by atoms with Gasteiger partial charge in [0.2, 0.25) is 0 Å². The van der Waals surface area contributed by atoms with E-state index >= 15 is 0 Å². The van der Waals surface area contributed by atoms with Crippen molar-refractivity contribution in [2.24, 2.45) is 5.92 Å². The molecule has 0 bridgehead atoms. The Kier molecular flexibility index (Phi) is 11.5. The van der Waals surface area contributed by atoms with E-state index in [4.69, 9.17) is 27.9 Å². The Balaban J connectivity index is 1.56. The van der Waals surface area contributed by atoms with Crippen LogP contribution >= 0.6 is 23.2 Å². The first kappa shape index (κ1) is 32.2. The fourth-order valence-corrected chi connectivity index (χ4v) is 7.48. The molecule has 0 aromatic heterocycles. The summed E-state index contributed by atoms with van der Waals surface area (Å²) in [5.74, 6) is -0.199. The standard InChI is InChI=1S/C32H42Cl2F2N2O3/c1-20-5-4-6-26(29(20)22-7-10-24(11-8-22)41-32(35)36)30(31(39)40)38(3)18-15-25(21-13-16-37(2)17-14-21)27-19-23(33)9-12-28(27)34/h4-6,9,12,19,21-22,24-25,30,32H,7-8,10-11,13-18H2,1-3H3,(H,39,40)/t22?,24?,25-,30-/m1/s1. The van der Waals surface area contributed by atoms with Crippen molar-refractivity contribution in [3.63, 3.8) is 0 Å². The molecule has 2 atom stereocenters. The van der Waals surface area contributed by atoms with E-state index in [9.17, 15) is 18.7 Å². The van der Waals surface area contributed by atoms with Crippen molar-refractivity contribution in [1.29, 1.82) is 0 Å². The molecule has 226 valence electrons. The molecule has 0 spiro atoms. The highest BCUT2D eigenvalue weighted by atomic mass is 35.5. The quantitative estimate of drug-likeness (QED) is 0.278. The average Bonchev–Trinajstić information content (AvgIpc) is 2.92. The maximum Gasteiger partial charge on any atom is 0.345 e. The molecule has 0 radical (unpaired) electrons. The van der Waals surface area contributed by atoms with Crippen molar-refractivity contribution >= 4 is 29.2 Å². The summed E-state index contributed by atoms with van der Waals surface area (Å²) in [7, 11) is 4.02. The molecule has 9 heteroatoms. The molecule has 0 amide bonds. The topological polar surface area (TPSA) is 53.0 Å². The minimum absolute atomic E-state index is 0.108. The number of rotatable bonds is 11. The highest BCUT2D eigenvalue weighted by molar-refractivity contribution is 6.33. The van der Waals surface area contributed by atoms with Gasteiger partial charge in [0.1, 0.15) is 6.04 Å². The Morgan fingerprint density at radius 3 is 2.39 bits per heavy atom. The van der Waals surface area contributed by atoms with Gasteiger partial charge >= 0.3 is 12.6 Å². The SMILES string of the molecule is Cc1cccc([C@H](C(=O)O)N(C)CC[C@@H](c2cc(Cl)ccc2Cl)C2CCN(C)CC2)c1C1CCC(OC(F)F)CC1. The minimum atomic E-state index is -2.77. The fraction of sp³-hybridized carbons (Fsp3) is 0.594. The first-order valence-electron chi connectivity index (χ1n) is 14.6. The summed E-state index contributed by atoms with van der Waals surface area (Å²) in [5.41, 5.74) is 3.89. The Bertz CT molecular complexity index is 1170. The fourth-order valence-electron chi connectivity index (χ4n) is 7.04. The van der Waals surface area contributed by atoms with Crippen molar-refractivity contribution in [2.75, 3.05) is 33.7 Å². The van der Waals surface area contributed by atoms with Gasteiger partial charge in [0, 0.05) is 10.0 Å². The van der Waals surface area contributed by atoms with Gasteiger partial charge in [-0.3, -0.25) is 9.69 Å². The van der Waals surface area contributed by atoms with Crippen LogP contribution in [0.1, 0.15) is 85.1 Å². The van der Waals surface area contributed by atoms with Gasteiger partial charge in [-0.1, -0.05) is 41.4 Å². The van der Waals surface area contributed by atoms with Crippen molar-refractivity contribution < 1.29 is 23.4 Å². The number of hydrogen-bond donors (Lipinski definition) is 1. The molecule has 4 rings (SSSR count). The number of aryl methyl sites for hydroxylation is 1. The zero-order valence-electron chi connectivity index (χ0n) is 24.2. The van der Waals surface area contributed by atoms with E-state index in [0.717, 1.165) is 54.6 Å². The van der Waals surface area contributed by atoms with E-state index in [0.29, 0.717) is 48.2 Å². The number of benzene rings is 2. The highest BCUT2D eigenvalue weighted by Gasteiger charge is 2.34. The number of likely N-dealkylation sites (tertiary alicyclic amines) is 1. The number of aliphatic carboxylic acids is 1. The van der Waals surface area contributed by atoms with E-state index in [1.807, 2.05) is 49.2 Å². The maximum absolute atomic E-state index is 12.8. The van der Waals surface area contributed by atoms with E-state index in [-0.39, 0.29) is 11.8 Å². The second-order valence-corrected chi connectivity index (χ2v) is 12.7. The van der Waals surface area contributed by atoms with E-state index in [1.54, 1.807) is 6.07 Å². The normalized spacial score (nSPS) is 22.3. The largest absolute Gasteiger partial charge is 0.480 e. The molecule has 5 nitrogen and oxygen atoms in total. The molecule has 2 aromatic rings. The third-order valence-electron chi connectivity index (χ3n) is 9.19. The third kappa shape index (κ3) is 8.20. The molecular weight excluding hydrogens is 569 g/mol. The van der Waals surface area contributed by atoms with Gasteiger partial charge in [0.25, 0.3) is 0 Å². The van der Waals surface area contributed by atoms with Crippen LogP contribution in [-0.4, -0.2) is 67.3 Å². The lowest BCUT2D eigenvalue weighted by Gasteiger charge is -2.37. The zero-order chi connectivity index (χ0) is 29.7. The summed E-state index contributed by atoms with van der Waals surface area (Å²) in [4.78, 5) is 17.1. The van der Waals surface area contributed by atoms with Gasteiger partial charge in [0.15, 0.2) is 0 Å². The first-order chi connectivity index (χ1) is 19.5. The van der Waals surface area contributed by atoms with Crippen molar-refractivity contribution in [3.05, 3.63) is 68.7 Å². The minimum Gasteiger partial charge on any atom is -0.480 e. The van der Waals surface area contributed by atoms with Crippen molar-refractivity contribution in [2.45, 2.75) is 82.5 Å². The molecule has 1 heterocycles. The van der Waals surface area contributed by atoms with E-state index < -0.39 is 24.7 Å². The van der Waals surface area contributed by atoms with Crippen LogP contribution in [0, 0.1) is 12.8 Å². The molecule has 2 aliphatic rings. The maximum atomic E-state index is 12.8. The number of nitrogens with zero attached hydrogens (tertiary/aromatic N) is 2. The van der Waals surface area contributed by atoms with Gasteiger partial charge in [-0.2, -0.15) is 8.78 Å². The third-order valence-corrected chi connectivity index (χ3v) is 9.77. The van der Waals surface area contributed by atoms with Gasteiger partial charge < -0.3 is 14.7 Å². The summed E-state index contributed by atoms with van der Waals surface area (Å²) < 4.78 is 30.3. The summed E-state index contributed by atoms with van der Waals surface area (Å²) in [5, 5.41) is 11.9. The van der Waals surface area contributed by atoms with Crippen molar-refractivity contribution in [1.82, 2.24) is 9.80 Å². The lowest BCUT2D eigenvalue weighted by atomic mass is 9.77. The number of carbonyl (C=O) groups is 1. The predicted octanol–water partition coefficient (Wildman–Crippen LogP) is 8.14. The van der Waals surface area contributed by atoms with Gasteiger partial charge in [-0.25, -0.2) is 0 Å². The van der Waals surface area contributed by atoms with Crippen molar-refractivity contribution in [3.8, 4) is 0 Å². The molecule has 1 aliphatic carbocycles. The molecule has 1 saturated carbocycles. The number of piperidine rings is 1. The monoisotopic (exact) mass is 610 g/mol. The molecular formula is C32H42Cl2F2N2O3. The Labute approximate surface area is 252 Å². The van der Waals surface area contributed by atoms with Gasteiger partial charge in [-0.05, 0) is 144 Å². The van der Waals surface area contributed by atoms with Crippen LogP contribution < -0.4 is 0 Å². The number of likely N-dealkylation sites (N-methyl/N-ethyl adjacent to an activating group) is 1. The van der Waals surface area contributed by atoms with Crippen LogP contribution in [0.25, 0.3) is 0 Å².